The second-order valence-corrected chi connectivity index (χ2v) is 4.78. The summed E-state index contributed by atoms with van der Waals surface area (Å²) in [5.74, 6) is 1.11. The Kier molecular flexibility index (Phi) is 2.80. The lowest BCUT2D eigenvalue weighted by Crippen LogP contribution is -2.40. The molecule has 4 heteroatoms. The van der Waals surface area contributed by atoms with Crippen LogP contribution in [0, 0.1) is 0 Å². The second-order valence-electron chi connectivity index (χ2n) is 4.78. The molecule has 0 atom stereocenters. The minimum atomic E-state index is 0.947. The summed E-state index contributed by atoms with van der Waals surface area (Å²) in [6.45, 7) is 5.05. The topological polar surface area (TPSA) is 35.2 Å². The van der Waals surface area contributed by atoms with Gasteiger partial charge < -0.3 is 4.90 Å². The molecule has 94 valence electrons. The van der Waals surface area contributed by atoms with Crippen molar-refractivity contribution in [1.82, 2.24) is 15.1 Å². The van der Waals surface area contributed by atoms with E-state index in [1.165, 1.54) is 11.1 Å². The Morgan fingerprint density at radius 1 is 1.28 bits per heavy atom. The van der Waals surface area contributed by atoms with Crippen LogP contribution < -0.4 is 4.90 Å². The molecule has 1 N–H and O–H groups in total. The number of H-pyrrole nitrogens is 1. The fourth-order valence-electron chi connectivity index (χ4n) is 2.54. The van der Waals surface area contributed by atoms with E-state index in [0.29, 0.717) is 0 Å². The third-order valence-electron chi connectivity index (χ3n) is 3.43. The molecule has 2 aromatic rings. The number of benzene rings is 1. The summed E-state index contributed by atoms with van der Waals surface area (Å²) in [4.78, 5) is 4.61. The van der Waals surface area contributed by atoms with E-state index in [0.717, 1.165) is 31.3 Å². The Bertz CT molecular complexity index is 532. The number of hydrogen-bond acceptors (Lipinski definition) is 3. The molecule has 1 aliphatic rings. The molecule has 1 aromatic carbocycles. The monoisotopic (exact) mass is 242 g/mol. The summed E-state index contributed by atoms with van der Waals surface area (Å²) in [7, 11) is 2.15. The SMILES string of the molecule is CCN1CN(C)Cc2c1n[nH]c2-c1ccccc1. The highest BCUT2D eigenvalue weighted by Crippen LogP contribution is 2.32. The van der Waals surface area contributed by atoms with Gasteiger partial charge in [0.25, 0.3) is 0 Å². The van der Waals surface area contributed by atoms with Crippen LogP contribution in [0.25, 0.3) is 11.3 Å². The van der Waals surface area contributed by atoms with Gasteiger partial charge in [0.1, 0.15) is 0 Å². The number of fused-ring (bicyclic) bond motifs is 1. The van der Waals surface area contributed by atoms with Gasteiger partial charge in [0.2, 0.25) is 0 Å². The standard InChI is InChI=1S/C14H18N4/c1-3-18-10-17(2)9-12-13(15-16-14(12)18)11-7-5-4-6-8-11/h4-8H,3,9-10H2,1-2H3,(H,15,16). The van der Waals surface area contributed by atoms with E-state index in [-0.39, 0.29) is 0 Å². The molecule has 1 aliphatic heterocycles. The summed E-state index contributed by atoms with van der Waals surface area (Å²) in [6, 6.07) is 10.4. The van der Waals surface area contributed by atoms with E-state index in [1.54, 1.807) is 0 Å². The smallest absolute Gasteiger partial charge is 0.156 e. The van der Waals surface area contributed by atoms with Crippen molar-refractivity contribution in [3.05, 3.63) is 35.9 Å². The first-order valence-electron chi connectivity index (χ1n) is 6.35. The Hall–Kier alpha value is -1.81. The van der Waals surface area contributed by atoms with E-state index in [9.17, 15) is 0 Å². The molecule has 3 rings (SSSR count). The molecule has 4 nitrogen and oxygen atoms in total. The quantitative estimate of drug-likeness (QED) is 0.877. The molecule has 0 bridgehead atoms. The van der Waals surface area contributed by atoms with Crippen molar-refractivity contribution < 1.29 is 0 Å². The van der Waals surface area contributed by atoms with E-state index in [1.807, 2.05) is 6.07 Å². The summed E-state index contributed by atoms with van der Waals surface area (Å²) < 4.78 is 0. The highest BCUT2D eigenvalue weighted by atomic mass is 15.4. The number of nitrogens with one attached hydrogen (secondary N) is 1. The molecule has 2 heterocycles. The average molecular weight is 242 g/mol. The van der Waals surface area contributed by atoms with Crippen molar-refractivity contribution in [3.8, 4) is 11.3 Å². The summed E-state index contributed by atoms with van der Waals surface area (Å²) in [6.07, 6.45) is 0. The van der Waals surface area contributed by atoms with Gasteiger partial charge in [-0.1, -0.05) is 30.3 Å². The number of anilines is 1. The summed E-state index contributed by atoms with van der Waals surface area (Å²) in [5, 5.41) is 7.69. The van der Waals surface area contributed by atoms with Crippen LogP contribution in [0.3, 0.4) is 0 Å². The van der Waals surface area contributed by atoms with Crippen molar-refractivity contribution in [2.24, 2.45) is 0 Å². The molecule has 1 aromatic heterocycles. The number of nitrogens with zero attached hydrogens (tertiary/aromatic N) is 3. The zero-order chi connectivity index (χ0) is 12.5. The number of hydrogen-bond donors (Lipinski definition) is 1. The van der Waals surface area contributed by atoms with Crippen LogP contribution in [0.15, 0.2) is 30.3 Å². The molecule has 0 saturated heterocycles. The van der Waals surface area contributed by atoms with Crippen LogP contribution >= 0.6 is 0 Å². The van der Waals surface area contributed by atoms with Gasteiger partial charge in [-0.25, -0.2) is 0 Å². The predicted octanol–water partition coefficient (Wildman–Crippen LogP) is 2.31. The molecule has 18 heavy (non-hydrogen) atoms. The highest BCUT2D eigenvalue weighted by molar-refractivity contribution is 5.70. The van der Waals surface area contributed by atoms with Crippen LogP contribution in [-0.2, 0) is 6.54 Å². The molecule has 0 fully saturated rings. The van der Waals surface area contributed by atoms with Gasteiger partial charge in [0.05, 0.1) is 12.4 Å². The minimum Gasteiger partial charge on any atom is -0.342 e. The van der Waals surface area contributed by atoms with Gasteiger partial charge in [-0.05, 0) is 19.5 Å². The molecule has 0 amide bonds. The number of aromatic nitrogens is 2. The van der Waals surface area contributed by atoms with Gasteiger partial charge in [0.15, 0.2) is 5.82 Å². The van der Waals surface area contributed by atoms with Crippen molar-refractivity contribution >= 4 is 5.82 Å². The van der Waals surface area contributed by atoms with Crippen LogP contribution in [-0.4, -0.2) is 35.4 Å². The Labute approximate surface area is 107 Å². The second kappa shape index (κ2) is 4.46. The first kappa shape index (κ1) is 11.3. The fraction of sp³-hybridized carbons (Fsp3) is 0.357. The van der Waals surface area contributed by atoms with E-state index >= 15 is 0 Å². The minimum absolute atomic E-state index is 0.947. The van der Waals surface area contributed by atoms with Crippen molar-refractivity contribution in [1.29, 1.82) is 0 Å². The van der Waals surface area contributed by atoms with Gasteiger partial charge >= 0.3 is 0 Å². The molecule has 0 saturated carbocycles. The van der Waals surface area contributed by atoms with E-state index in [2.05, 4.69) is 58.2 Å². The summed E-state index contributed by atoms with van der Waals surface area (Å²) in [5.41, 5.74) is 3.66. The fourth-order valence-corrected chi connectivity index (χ4v) is 2.54. The largest absolute Gasteiger partial charge is 0.342 e. The molecule has 0 spiro atoms. The van der Waals surface area contributed by atoms with Gasteiger partial charge in [-0.3, -0.25) is 10.00 Å². The molecular weight excluding hydrogens is 224 g/mol. The van der Waals surface area contributed by atoms with Crippen LogP contribution in [0.1, 0.15) is 12.5 Å². The molecule has 0 unspecified atom stereocenters. The molecule has 0 radical (unpaired) electrons. The third-order valence-corrected chi connectivity index (χ3v) is 3.43. The summed E-state index contributed by atoms with van der Waals surface area (Å²) >= 11 is 0. The maximum Gasteiger partial charge on any atom is 0.156 e. The van der Waals surface area contributed by atoms with Crippen LogP contribution in [0.4, 0.5) is 5.82 Å². The first-order chi connectivity index (χ1) is 8.79. The third kappa shape index (κ3) is 1.78. The molecular formula is C14H18N4. The lowest BCUT2D eigenvalue weighted by Gasteiger charge is -2.33. The van der Waals surface area contributed by atoms with Crippen molar-refractivity contribution in [3.63, 3.8) is 0 Å². The van der Waals surface area contributed by atoms with Crippen molar-refractivity contribution in [2.45, 2.75) is 13.5 Å². The van der Waals surface area contributed by atoms with Gasteiger partial charge in [-0.15, -0.1) is 0 Å². The van der Waals surface area contributed by atoms with Gasteiger partial charge in [0, 0.05) is 18.7 Å². The normalized spacial score (nSPS) is 15.8. The maximum atomic E-state index is 4.49. The van der Waals surface area contributed by atoms with E-state index < -0.39 is 0 Å². The Balaban J connectivity index is 2.07. The zero-order valence-electron chi connectivity index (χ0n) is 10.8. The Morgan fingerprint density at radius 3 is 2.78 bits per heavy atom. The highest BCUT2D eigenvalue weighted by Gasteiger charge is 2.25. The first-order valence-corrected chi connectivity index (χ1v) is 6.35. The number of aromatic amines is 1. The zero-order valence-corrected chi connectivity index (χ0v) is 10.8. The Morgan fingerprint density at radius 2 is 2.06 bits per heavy atom. The van der Waals surface area contributed by atoms with Crippen LogP contribution in [0.2, 0.25) is 0 Å². The lowest BCUT2D eigenvalue weighted by molar-refractivity contribution is 0.310. The lowest BCUT2D eigenvalue weighted by atomic mass is 10.1. The number of rotatable bonds is 2. The van der Waals surface area contributed by atoms with Gasteiger partial charge in [-0.2, -0.15) is 5.10 Å². The average Bonchev–Trinajstić information content (AvgIpc) is 2.82. The maximum absolute atomic E-state index is 4.49. The van der Waals surface area contributed by atoms with E-state index in [4.69, 9.17) is 0 Å². The van der Waals surface area contributed by atoms with Crippen LogP contribution in [0.5, 0.6) is 0 Å². The van der Waals surface area contributed by atoms with Crippen molar-refractivity contribution in [2.75, 3.05) is 25.2 Å². The molecule has 0 aliphatic carbocycles. The predicted molar refractivity (Wildman–Crippen MR) is 73.4 cm³/mol.